The molecule has 0 N–H and O–H groups in total. The quantitative estimate of drug-likeness (QED) is 0.468. The Hall–Kier alpha value is 0.720. The van der Waals surface area contributed by atoms with Crippen LogP contribution in [0.4, 0.5) is 0 Å². The van der Waals surface area contributed by atoms with Crippen LogP contribution >= 0.6 is 21.6 Å². The highest BCUT2D eigenvalue weighted by molar-refractivity contribution is 7.18. The van der Waals surface area contributed by atoms with Crippen LogP contribution in [0.2, 0.25) is 0 Å². The van der Waals surface area contributed by atoms with Crippen molar-refractivity contribution in [2.45, 2.75) is 37.8 Å². The third-order valence-electron chi connectivity index (χ3n) is 1.75. The van der Waals surface area contributed by atoms with E-state index in [1.165, 1.54) is 25.7 Å². The van der Waals surface area contributed by atoms with Crippen molar-refractivity contribution in [2.24, 2.45) is 0 Å². The predicted molar refractivity (Wildman–Crippen MR) is 43.8 cm³/mol. The second-order valence-electron chi connectivity index (χ2n) is 2.86. The Morgan fingerprint density at radius 3 is 1.75 bits per heavy atom. The zero-order valence-electron chi connectivity index (χ0n) is 5.31. The molecule has 0 aliphatic heterocycles. The van der Waals surface area contributed by atoms with Crippen LogP contribution in [0.25, 0.3) is 0 Å². The van der Waals surface area contributed by atoms with Gasteiger partial charge in [0.25, 0.3) is 0 Å². The van der Waals surface area contributed by atoms with Gasteiger partial charge in [0.05, 0.1) is 0 Å². The molecule has 0 spiro atoms. The lowest BCUT2D eigenvalue weighted by atomic mass is 10.1. The lowest BCUT2D eigenvalue weighted by Gasteiger charge is -2.13. The molecule has 1 unspecified atom stereocenters. The average Bonchev–Trinajstić information content (AvgIpc) is 1.84. The van der Waals surface area contributed by atoms with Crippen molar-refractivity contribution < 1.29 is 0 Å². The van der Waals surface area contributed by atoms with Gasteiger partial charge in [-0.05, 0) is 18.0 Å². The van der Waals surface area contributed by atoms with Crippen molar-refractivity contribution in [3.05, 3.63) is 0 Å². The Bertz CT molecular complexity index is 62.9. The molecule has 1 rings (SSSR count). The summed E-state index contributed by atoms with van der Waals surface area (Å²) in [5, 5.41) is 0.611. The van der Waals surface area contributed by atoms with Gasteiger partial charge in [0.15, 0.2) is 0 Å². The van der Waals surface area contributed by atoms with E-state index >= 15 is 0 Å². The first-order chi connectivity index (χ1) is 3.21. The molecule has 1 aliphatic carbocycles. The van der Waals surface area contributed by atoms with Crippen LogP contribution in [-0.4, -0.2) is 5.16 Å². The molecule has 0 aromatic heterocycles. The van der Waals surface area contributed by atoms with Crippen molar-refractivity contribution in [3.8, 4) is 0 Å². The van der Waals surface area contributed by atoms with E-state index in [4.69, 9.17) is 0 Å². The summed E-state index contributed by atoms with van der Waals surface area (Å²) in [6.45, 7) is 2.32. The normalized spacial score (nSPS) is 24.8. The van der Waals surface area contributed by atoms with E-state index in [9.17, 15) is 0 Å². The average molecular weight is 153 g/mol. The van der Waals surface area contributed by atoms with Gasteiger partial charge in [-0.15, -0.1) is 21.6 Å². The van der Waals surface area contributed by atoms with Gasteiger partial charge in [0.2, 0.25) is 0 Å². The monoisotopic (exact) mass is 152 g/mol. The summed E-state index contributed by atoms with van der Waals surface area (Å²) in [7, 11) is 2.93. The first-order valence-corrected chi connectivity index (χ1v) is 3.57. The van der Waals surface area contributed by atoms with Crippen molar-refractivity contribution in [2.75, 3.05) is 0 Å². The fourth-order valence-corrected chi connectivity index (χ4v) is 1.59. The molecule has 0 amide bonds. The Balaban J connectivity index is 0.000000490. The van der Waals surface area contributed by atoms with Crippen LogP contribution in [0, 0.1) is 0 Å². The van der Waals surface area contributed by atoms with Crippen molar-refractivity contribution in [1.29, 1.82) is 0 Å². The van der Waals surface area contributed by atoms with E-state index in [-0.39, 0.29) is 12.4 Å². The van der Waals surface area contributed by atoms with Gasteiger partial charge < -0.3 is 0 Å². The largest absolute Gasteiger partial charge is 0.147 e. The zero-order valence-corrected chi connectivity index (χ0v) is 7.29. The van der Waals surface area contributed by atoms with E-state index in [2.05, 4.69) is 16.2 Å². The van der Waals surface area contributed by atoms with Gasteiger partial charge in [-0.2, -0.15) is 0 Å². The van der Waals surface area contributed by atoms with E-state index in [0.717, 1.165) is 0 Å². The molecule has 1 aliphatic rings. The van der Waals surface area contributed by atoms with Crippen LogP contribution in [0.3, 0.4) is 0 Å². The van der Waals surface area contributed by atoms with E-state index in [1.54, 1.807) is 0 Å². The topological polar surface area (TPSA) is 0 Å². The minimum absolute atomic E-state index is 0. The third kappa shape index (κ3) is 2.33. The Labute approximate surface area is 60.0 Å². The number of halogens is 1. The molecule has 0 saturated heterocycles. The van der Waals surface area contributed by atoms with Crippen LogP contribution in [-0.2, 0) is 0 Å². The van der Waals surface area contributed by atoms with Gasteiger partial charge in [-0.25, -0.2) is 0 Å². The van der Waals surface area contributed by atoms with E-state index in [0.29, 0.717) is 5.16 Å². The third-order valence-corrected chi connectivity index (χ3v) is 2.32. The van der Waals surface area contributed by atoms with Gasteiger partial charge in [-0.3, -0.25) is 0 Å². The minimum Gasteiger partial charge on any atom is -0.147 e. The summed E-state index contributed by atoms with van der Waals surface area (Å²) in [6.07, 6.45) is 5.72. The molecule has 0 bridgehead atoms. The Morgan fingerprint density at radius 2 is 1.62 bits per heavy atom. The van der Waals surface area contributed by atoms with Crippen molar-refractivity contribution >= 4 is 21.6 Å². The lowest BCUT2D eigenvalue weighted by molar-refractivity contribution is 0.673. The highest BCUT2D eigenvalue weighted by Gasteiger charge is 2.22. The van der Waals surface area contributed by atoms with Gasteiger partial charge in [-0.1, -0.05) is 19.8 Å². The number of hydrogen-bond acceptors (Lipinski definition) is 0. The molecule has 2 heteroatoms. The minimum atomic E-state index is 0. The van der Waals surface area contributed by atoms with Gasteiger partial charge in [0, 0.05) is 0 Å². The molecule has 1 atom stereocenters. The fraction of sp³-hybridized carbons (Fsp3) is 1.00. The summed E-state index contributed by atoms with van der Waals surface area (Å²) in [6, 6.07) is 0. The number of hydrogen-bond donors (Lipinski definition) is 0. The molecule has 1 saturated carbocycles. The van der Waals surface area contributed by atoms with E-state index in [1.807, 2.05) is 0 Å². The first-order valence-electron chi connectivity index (χ1n) is 3.00. The molecule has 0 heterocycles. The summed E-state index contributed by atoms with van der Waals surface area (Å²) >= 11 is 0. The van der Waals surface area contributed by atoms with Gasteiger partial charge in [0.1, 0.15) is 0 Å². The molecule has 0 aromatic carbocycles. The summed E-state index contributed by atoms with van der Waals surface area (Å²) < 4.78 is 0. The SMILES string of the molecule is CC1(P)CCCC1.Cl. The zero-order chi connectivity index (χ0) is 5.33. The van der Waals surface area contributed by atoms with Crippen molar-refractivity contribution in [3.63, 3.8) is 0 Å². The molecular formula is C6H14ClP. The summed E-state index contributed by atoms with van der Waals surface area (Å²) in [5.41, 5.74) is 0. The maximum absolute atomic E-state index is 2.93. The molecular weight excluding hydrogens is 138 g/mol. The lowest BCUT2D eigenvalue weighted by Crippen LogP contribution is -2.06. The maximum Gasteiger partial charge on any atom is -0.0178 e. The first kappa shape index (κ1) is 8.72. The van der Waals surface area contributed by atoms with Gasteiger partial charge >= 0.3 is 0 Å². The Kier molecular flexibility index (Phi) is 3.31. The number of rotatable bonds is 0. The molecule has 1 fully saturated rings. The Morgan fingerprint density at radius 1 is 1.25 bits per heavy atom. The molecule has 0 nitrogen and oxygen atoms in total. The molecule has 0 aromatic rings. The highest BCUT2D eigenvalue weighted by Crippen LogP contribution is 2.36. The van der Waals surface area contributed by atoms with E-state index < -0.39 is 0 Å². The fourth-order valence-electron chi connectivity index (χ4n) is 1.18. The van der Waals surface area contributed by atoms with Crippen LogP contribution < -0.4 is 0 Å². The predicted octanol–water partition coefficient (Wildman–Crippen LogP) is 2.62. The van der Waals surface area contributed by atoms with Crippen molar-refractivity contribution in [1.82, 2.24) is 0 Å². The molecule has 8 heavy (non-hydrogen) atoms. The second-order valence-corrected chi connectivity index (χ2v) is 4.25. The maximum atomic E-state index is 2.93. The second kappa shape index (κ2) is 3.03. The van der Waals surface area contributed by atoms with Crippen LogP contribution in [0.1, 0.15) is 32.6 Å². The molecule has 0 radical (unpaired) electrons. The van der Waals surface area contributed by atoms with Crippen LogP contribution in [0.5, 0.6) is 0 Å². The summed E-state index contributed by atoms with van der Waals surface area (Å²) in [5.74, 6) is 0. The smallest absolute Gasteiger partial charge is 0.0178 e. The van der Waals surface area contributed by atoms with Crippen LogP contribution in [0.15, 0.2) is 0 Å². The highest BCUT2D eigenvalue weighted by atomic mass is 35.5. The standard InChI is InChI=1S/C6H13P.ClH/c1-6(7)4-2-3-5-6;/h2-5,7H2,1H3;1H. The molecule has 50 valence electrons. The summed E-state index contributed by atoms with van der Waals surface area (Å²) in [4.78, 5) is 0.